The van der Waals surface area contributed by atoms with Gasteiger partial charge in [-0.3, -0.25) is 4.79 Å². The molecular formula is C13H10BrClN2O. The lowest BCUT2D eigenvalue weighted by atomic mass is 10.1. The summed E-state index contributed by atoms with van der Waals surface area (Å²) in [5, 5.41) is 3.23. The SMILES string of the molecule is Cc1cc(C(=O)Nc2cc(Cl)ccn2)ccc1Br. The fourth-order valence-corrected chi connectivity index (χ4v) is 1.85. The Balaban J connectivity index is 2.19. The van der Waals surface area contributed by atoms with Crippen LogP contribution in [-0.4, -0.2) is 10.9 Å². The van der Waals surface area contributed by atoms with Gasteiger partial charge in [0.25, 0.3) is 5.91 Å². The fraction of sp³-hybridized carbons (Fsp3) is 0.0769. The van der Waals surface area contributed by atoms with E-state index in [1.54, 1.807) is 24.4 Å². The van der Waals surface area contributed by atoms with Crippen molar-refractivity contribution in [2.24, 2.45) is 0 Å². The molecule has 1 amide bonds. The van der Waals surface area contributed by atoms with E-state index in [0.29, 0.717) is 16.4 Å². The second kappa shape index (κ2) is 5.50. The predicted molar refractivity (Wildman–Crippen MR) is 76.1 cm³/mol. The first-order valence-corrected chi connectivity index (χ1v) is 6.42. The highest BCUT2D eigenvalue weighted by Gasteiger charge is 2.08. The molecule has 0 saturated heterocycles. The minimum absolute atomic E-state index is 0.208. The van der Waals surface area contributed by atoms with E-state index >= 15 is 0 Å². The van der Waals surface area contributed by atoms with E-state index in [9.17, 15) is 4.79 Å². The summed E-state index contributed by atoms with van der Waals surface area (Å²) in [7, 11) is 0. The Hall–Kier alpha value is -1.39. The molecule has 0 unspecified atom stereocenters. The van der Waals surface area contributed by atoms with Crippen LogP contribution in [0.25, 0.3) is 0 Å². The molecule has 1 aromatic heterocycles. The quantitative estimate of drug-likeness (QED) is 0.905. The zero-order valence-electron chi connectivity index (χ0n) is 9.58. The molecule has 0 spiro atoms. The lowest BCUT2D eigenvalue weighted by Crippen LogP contribution is -2.13. The summed E-state index contributed by atoms with van der Waals surface area (Å²) in [6.45, 7) is 1.93. The largest absolute Gasteiger partial charge is 0.307 e. The van der Waals surface area contributed by atoms with E-state index in [2.05, 4.69) is 26.2 Å². The highest BCUT2D eigenvalue weighted by molar-refractivity contribution is 9.10. The molecule has 2 aromatic rings. The Morgan fingerprint density at radius 3 is 2.78 bits per heavy atom. The van der Waals surface area contributed by atoms with Crippen LogP contribution in [0, 0.1) is 6.92 Å². The number of amides is 1. The third-order valence-electron chi connectivity index (χ3n) is 2.38. The first-order valence-electron chi connectivity index (χ1n) is 5.25. The second-order valence-corrected chi connectivity index (χ2v) is 5.07. The predicted octanol–water partition coefficient (Wildman–Crippen LogP) is 4.06. The number of hydrogen-bond acceptors (Lipinski definition) is 2. The van der Waals surface area contributed by atoms with Gasteiger partial charge in [-0.15, -0.1) is 0 Å². The van der Waals surface area contributed by atoms with Gasteiger partial charge in [0.15, 0.2) is 0 Å². The molecule has 3 nitrogen and oxygen atoms in total. The monoisotopic (exact) mass is 324 g/mol. The summed E-state index contributed by atoms with van der Waals surface area (Å²) in [4.78, 5) is 16.0. The summed E-state index contributed by atoms with van der Waals surface area (Å²) < 4.78 is 0.972. The normalized spacial score (nSPS) is 10.2. The van der Waals surface area contributed by atoms with Crippen LogP contribution in [0.4, 0.5) is 5.82 Å². The molecule has 0 fully saturated rings. The average Bonchev–Trinajstić information content (AvgIpc) is 2.32. The zero-order valence-corrected chi connectivity index (χ0v) is 11.9. The van der Waals surface area contributed by atoms with Gasteiger partial charge < -0.3 is 5.32 Å². The fourth-order valence-electron chi connectivity index (χ4n) is 1.45. The van der Waals surface area contributed by atoms with Crippen molar-refractivity contribution in [3.63, 3.8) is 0 Å². The summed E-state index contributed by atoms with van der Waals surface area (Å²) in [6, 6.07) is 8.66. The first-order chi connectivity index (χ1) is 8.56. The molecule has 0 aliphatic heterocycles. The molecule has 0 atom stereocenters. The van der Waals surface area contributed by atoms with E-state index < -0.39 is 0 Å². The van der Waals surface area contributed by atoms with Crippen LogP contribution in [-0.2, 0) is 0 Å². The number of halogens is 2. The van der Waals surface area contributed by atoms with Crippen molar-refractivity contribution >= 4 is 39.3 Å². The second-order valence-electron chi connectivity index (χ2n) is 3.78. The van der Waals surface area contributed by atoms with E-state index in [0.717, 1.165) is 10.0 Å². The smallest absolute Gasteiger partial charge is 0.256 e. The van der Waals surface area contributed by atoms with Crippen molar-refractivity contribution in [3.8, 4) is 0 Å². The van der Waals surface area contributed by atoms with Gasteiger partial charge in [-0.05, 0) is 42.8 Å². The number of aryl methyl sites for hydroxylation is 1. The lowest BCUT2D eigenvalue weighted by molar-refractivity contribution is 0.102. The van der Waals surface area contributed by atoms with Crippen LogP contribution >= 0.6 is 27.5 Å². The number of pyridine rings is 1. The standard InChI is InChI=1S/C13H10BrClN2O/c1-8-6-9(2-3-11(8)14)13(18)17-12-7-10(15)4-5-16-12/h2-7H,1H3,(H,16,17,18). The van der Waals surface area contributed by atoms with Gasteiger partial charge in [0.05, 0.1) is 0 Å². The van der Waals surface area contributed by atoms with E-state index in [-0.39, 0.29) is 5.91 Å². The maximum absolute atomic E-state index is 12.0. The average molecular weight is 326 g/mol. The van der Waals surface area contributed by atoms with Crippen LogP contribution in [0.15, 0.2) is 41.0 Å². The molecule has 0 bridgehead atoms. The molecule has 18 heavy (non-hydrogen) atoms. The summed E-state index contributed by atoms with van der Waals surface area (Å²) in [6.07, 6.45) is 1.55. The van der Waals surface area contributed by atoms with Crippen LogP contribution < -0.4 is 5.32 Å². The molecule has 92 valence electrons. The molecule has 1 aromatic carbocycles. The molecule has 5 heteroatoms. The number of carbonyl (C=O) groups excluding carboxylic acids is 1. The third kappa shape index (κ3) is 3.09. The maximum atomic E-state index is 12.0. The third-order valence-corrected chi connectivity index (χ3v) is 3.51. The Labute approximate surface area is 118 Å². The minimum Gasteiger partial charge on any atom is -0.307 e. The van der Waals surface area contributed by atoms with Gasteiger partial charge in [0.1, 0.15) is 5.82 Å². The van der Waals surface area contributed by atoms with Gasteiger partial charge in [-0.25, -0.2) is 4.98 Å². The number of nitrogens with one attached hydrogen (secondary N) is 1. The number of rotatable bonds is 2. The lowest BCUT2D eigenvalue weighted by Gasteiger charge is -2.06. The maximum Gasteiger partial charge on any atom is 0.256 e. The Kier molecular flexibility index (Phi) is 3.99. The molecule has 1 N–H and O–H groups in total. The highest BCUT2D eigenvalue weighted by atomic mass is 79.9. The van der Waals surface area contributed by atoms with Gasteiger partial charge in [-0.1, -0.05) is 27.5 Å². The van der Waals surface area contributed by atoms with Crippen molar-refractivity contribution in [1.82, 2.24) is 4.98 Å². The highest BCUT2D eigenvalue weighted by Crippen LogP contribution is 2.18. The van der Waals surface area contributed by atoms with Gasteiger partial charge in [-0.2, -0.15) is 0 Å². The molecule has 1 heterocycles. The molecule has 0 aliphatic carbocycles. The minimum atomic E-state index is -0.208. The van der Waals surface area contributed by atoms with Crippen molar-refractivity contribution in [3.05, 3.63) is 57.2 Å². The van der Waals surface area contributed by atoms with Crippen molar-refractivity contribution in [2.45, 2.75) is 6.92 Å². The van der Waals surface area contributed by atoms with Gasteiger partial charge >= 0.3 is 0 Å². The van der Waals surface area contributed by atoms with Crippen molar-refractivity contribution in [2.75, 3.05) is 5.32 Å². The number of benzene rings is 1. The topological polar surface area (TPSA) is 42.0 Å². The number of aromatic nitrogens is 1. The molecule has 0 radical (unpaired) electrons. The molecule has 2 rings (SSSR count). The van der Waals surface area contributed by atoms with Crippen LogP contribution in [0.2, 0.25) is 5.02 Å². The molecule has 0 saturated carbocycles. The zero-order chi connectivity index (χ0) is 13.1. The molecular weight excluding hydrogens is 316 g/mol. The van der Waals surface area contributed by atoms with Gasteiger partial charge in [0.2, 0.25) is 0 Å². The first kappa shape index (κ1) is 13.1. The Bertz CT molecular complexity index is 601. The number of nitrogens with zero attached hydrogens (tertiary/aromatic N) is 1. The number of hydrogen-bond donors (Lipinski definition) is 1. The van der Waals surface area contributed by atoms with Crippen molar-refractivity contribution in [1.29, 1.82) is 0 Å². The van der Waals surface area contributed by atoms with E-state index in [4.69, 9.17) is 11.6 Å². The van der Waals surface area contributed by atoms with E-state index in [1.165, 1.54) is 0 Å². The van der Waals surface area contributed by atoms with Crippen molar-refractivity contribution < 1.29 is 4.79 Å². The van der Waals surface area contributed by atoms with Crippen LogP contribution in [0.3, 0.4) is 0 Å². The van der Waals surface area contributed by atoms with Gasteiger partial charge in [0, 0.05) is 21.3 Å². The number of anilines is 1. The van der Waals surface area contributed by atoms with Crippen LogP contribution in [0.5, 0.6) is 0 Å². The van der Waals surface area contributed by atoms with E-state index in [1.807, 2.05) is 19.1 Å². The summed E-state index contributed by atoms with van der Waals surface area (Å²) in [5.41, 5.74) is 1.58. The number of carbonyl (C=O) groups is 1. The van der Waals surface area contributed by atoms with Crippen LogP contribution in [0.1, 0.15) is 15.9 Å². The summed E-state index contributed by atoms with van der Waals surface area (Å²) >= 11 is 9.22. The Morgan fingerprint density at radius 1 is 1.33 bits per heavy atom. The summed E-state index contributed by atoms with van der Waals surface area (Å²) in [5.74, 6) is 0.230. The Morgan fingerprint density at radius 2 is 2.11 bits per heavy atom. The molecule has 0 aliphatic rings.